The molecule has 2 aromatic rings. The van der Waals surface area contributed by atoms with Gasteiger partial charge in [0, 0.05) is 12.2 Å². The average molecular weight is 311 g/mol. The van der Waals surface area contributed by atoms with E-state index in [0.717, 1.165) is 11.0 Å². The zero-order chi connectivity index (χ0) is 16.0. The number of phenols is 1. The highest BCUT2D eigenvalue weighted by molar-refractivity contribution is 6.07. The lowest BCUT2D eigenvalue weighted by molar-refractivity contribution is 0.0983. The van der Waals surface area contributed by atoms with E-state index in [-0.39, 0.29) is 6.54 Å². The molecule has 1 aliphatic heterocycles. The third kappa shape index (κ3) is 2.09. The average Bonchev–Trinajstić information content (AvgIpc) is 2.91. The van der Waals surface area contributed by atoms with Crippen molar-refractivity contribution in [2.75, 3.05) is 11.4 Å². The quantitative estimate of drug-likeness (QED) is 0.649. The van der Waals surface area contributed by atoms with Crippen molar-refractivity contribution in [3.8, 4) is 5.75 Å². The van der Waals surface area contributed by atoms with E-state index in [4.69, 9.17) is 0 Å². The van der Waals surface area contributed by atoms with E-state index in [2.05, 4.69) is 0 Å². The number of carbonyl (C=O) groups is 1. The third-order valence-electron chi connectivity index (χ3n) is 3.55. The Morgan fingerprint density at radius 1 is 1.09 bits per heavy atom. The van der Waals surface area contributed by atoms with E-state index >= 15 is 0 Å². The Morgan fingerprint density at radius 3 is 2.55 bits per heavy atom. The summed E-state index contributed by atoms with van der Waals surface area (Å²) in [5, 5.41) is 9.18. The van der Waals surface area contributed by atoms with Crippen LogP contribution in [-0.4, -0.2) is 17.6 Å². The largest absolute Gasteiger partial charge is 0.503 e. The molecule has 1 amide bonds. The van der Waals surface area contributed by atoms with Gasteiger partial charge in [-0.1, -0.05) is 0 Å². The topological polar surface area (TPSA) is 40.5 Å². The third-order valence-corrected chi connectivity index (χ3v) is 3.55. The maximum absolute atomic E-state index is 13.8. The summed E-state index contributed by atoms with van der Waals surface area (Å²) in [5.41, 5.74) is 0.143. The molecule has 1 N–H and O–H groups in total. The summed E-state index contributed by atoms with van der Waals surface area (Å²) >= 11 is 0. The normalized spacial score (nSPS) is 13.4. The second kappa shape index (κ2) is 5.01. The van der Waals surface area contributed by atoms with Gasteiger partial charge < -0.3 is 10.0 Å². The molecule has 1 aliphatic rings. The fourth-order valence-electron chi connectivity index (χ4n) is 2.47. The summed E-state index contributed by atoms with van der Waals surface area (Å²) in [4.78, 5) is 13.5. The summed E-state index contributed by atoms with van der Waals surface area (Å²) in [5.74, 6) is -7.75. The molecule has 0 unspecified atom stereocenters. The minimum absolute atomic E-state index is 0.150. The highest BCUT2D eigenvalue weighted by Crippen LogP contribution is 2.32. The minimum atomic E-state index is -1.75. The first-order valence-corrected chi connectivity index (χ1v) is 6.37. The molecule has 0 bridgehead atoms. The molecule has 0 saturated carbocycles. The number of nitrogens with zero attached hydrogens (tertiary/aromatic N) is 1. The van der Waals surface area contributed by atoms with Crippen molar-refractivity contribution in [1.29, 1.82) is 0 Å². The molecule has 0 spiro atoms. The number of hydrogen-bond donors (Lipinski definition) is 1. The molecule has 1 heterocycles. The van der Waals surface area contributed by atoms with Crippen molar-refractivity contribution in [3.63, 3.8) is 0 Å². The van der Waals surface area contributed by atoms with Gasteiger partial charge >= 0.3 is 0 Å². The molecular weight excluding hydrogens is 302 g/mol. The Labute approximate surface area is 122 Å². The van der Waals surface area contributed by atoms with E-state index in [0.29, 0.717) is 23.7 Å². The maximum Gasteiger partial charge on any atom is 0.261 e. The van der Waals surface area contributed by atoms with Gasteiger partial charge in [-0.2, -0.15) is 4.39 Å². The Balaban J connectivity index is 2.04. The number of anilines is 1. The second-order valence-corrected chi connectivity index (χ2v) is 4.86. The summed E-state index contributed by atoms with van der Waals surface area (Å²) in [6, 6.07) is 4.15. The highest BCUT2D eigenvalue weighted by Gasteiger charge is 2.30. The first kappa shape index (κ1) is 14.4. The number of hydrogen-bond acceptors (Lipinski definition) is 2. The monoisotopic (exact) mass is 311 g/mol. The summed E-state index contributed by atoms with van der Waals surface area (Å²) in [7, 11) is 0. The molecule has 0 aromatic heterocycles. The predicted octanol–water partition coefficient (Wildman–Crippen LogP) is 3.15. The number of halogens is 4. The molecule has 7 heteroatoms. The summed E-state index contributed by atoms with van der Waals surface area (Å²) in [6.07, 6.45) is 0.357. The lowest BCUT2D eigenvalue weighted by Crippen LogP contribution is -2.30. The number of phenolic OH excluding ortho intramolecular Hbond substituents is 1. The summed E-state index contributed by atoms with van der Waals surface area (Å²) < 4.78 is 53.3. The minimum Gasteiger partial charge on any atom is -0.503 e. The van der Waals surface area contributed by atoms with Gasteiger partial charge in [0.05, 0.1) is 5.56 Å². The lowest BCUT2D eigenvalue weighted by Gasteiger charge is -2.18. The highest BCUT2D eigenvalue weighted by atomic mass is 19.2. The Morgan fingerprint density at radius 2 is 1.82 bits per heavy atom. The molecule has 0 atom stereocenters. The first-order chi connectivity index (χ1) is 10.4. The van der Waals surface area contributed by atoms with Crippen LogP contribution >= 0.6 is 0 Å². The number of benzene rings is 2. The molecule has 0 saturated heterocycles. The zero-order valence-electron chi connectivity index (χ0n) is 11.0. The van der Waals surface area contributed by atoms with Crippen molar-refractivity contribution >= 4 is 11.6 Å². The SMILES string of the molecule is O=C(c1cc(F)c(F)c(O)c1F)N1CCc2cc(F)ccc21. The Hall–Kier alpha value is -2.57. The van der Waals surface area contributed by atoms with Gasteiger partial charge in [-0.3, -0.25) is 4.79 Å². The molecule has 2 aromatic carbocycles. The molecule has 3 rings (SSSR count). The zero-order valence-corrected chi connectivity index (χ0v) is 11.0. The molecule has 0 radical (unpaired) electrons. The molecule has 3 nitrogen and oxygen atoms in total. The van der Waals surface area contributed by atoms with E-state index in [1.165, 1.54) is 12.1 Å². The van der Waals surface area contributed by atoms with E-state index in [1.807, 2.05) is 0 Å². The van der Waals surface area contributed by atoms with Gasteiger partial charge in [0.15, 0.2) is 17.4 Å². The maximum atomic E-state index is 13.8. The van der Waals surface area contributed by atoms with Crippen LogP contribution in [0, 0.1) is 23.3 Å². The van der Waals surface area contributed by atoms with Crippen molar-refractivity contribution < 1.29 is 27.5 Å². The fourth-order valence-corrected chi connectivity index (χ4v) is 2.47. The van der Waals surface area contributed by atoms with E-state index in [1.54, 1.807) is 0 Å². The molecule has 22 heavy (non-hydrogen) atoms. The van der Waals surface area contributed by atoms with Crippen molar-refractivity contribution in [2.24, 2.45) is 0 Å². The van der Waals surface area contributed by atoms with Gasteiger partial charge in [-0.25, -0.2) is 13.2 Å². The van der Waals surface area contributed by atoms with Crippen LogP contribution in [0.3, 0.4) is 0 Å². The molecular formula is C15H9F4NO2. The smallest absolute Gasteiger partial charge is 0.261 e. The molecule has 0 aliphatic carbocycles. The van der Waals surface area contributed by atoms with Crippen LogP contribution < -0.4 is 4.90 Å². The van der Waals surface area contributed by atoms with Crippen LogP contribution in [0.25, 0.3) is 0 Å². The van der Waals surface area contributed by atoms with Crippen molar-refractivity contribution in [2.45, 2.75) is 6.42 Å². The number of fused-ring (bicyclic) bond motifs is 1. The van der Waals surface area contributed by atoms with Crippen LogP contribution in [0.4, 0.5) is 23.2 Å². The standard InChI is InChI=1S/C15H9F4NO2/c16-8-1-2-11-7(5-8)3-4-20(11)15(22)9-6-10(17)13(19)14(21)12(9)18/h1-2,5-6,21H,3-4H2. The lowest BCUT2D eigenvalue weighted by atomic mass is 10.1. The number of amides is 1. The number of carbonyl (C=O) groups excluding carboxylic acids is 1. The second-order valence-electron chi connectivity index (χ2n) is 4.86. The van der Waals surface area contributed by atoms with Gasteiger partial charge in [-0.15, -0.1) is 0 Å². The van der Waals surface area contributed by atoms with Crippen LogP contribution in [-0.2, 0) is 6.42 Å². The Bertz CT molecular complexity index is 792. The van der Waals surface area contributed by atoms with Gasteiger partial charge in [0.25, 0.3) is 5.91 Å². The van der Waals surface area contributed by atoms with Crippen molar-refractivity contribution in [1.82, 2.24) is 0 Å². The van der Waals surface area contributed by atoms with E-state index < -0.39 is 40.5 Å². The van der Waals surface area contributed by atoms with E-state index in [9.17, 15) is 27.5 Å². The van der Waals surface area contributed by atoms with Gasteiger partial charge in [0.1, 0.15) is 5.82 Å². The first-order valence-electron chi connectivity index (χ1n) is 6.37. The van der Waals surface area contributed by atoms with Crippen LogP contribution in [0.5, 0.6) is 5.75 Å². The predicted molar refractivity (Wildman–Crippen MR) is 69.8 cm³/mol. The fraction of sp³-hybridized carbons (Fsp3) is 0.133. The number of aromatic hydroxyl groups is 1. The van der Waals surface area contributed by atoms with Gasteiger partial charge in [-0.05, 0) is 36.2 Å². The van der Waals surface area contributed by atoms with Crippen LogP contribution in [0.1, 0.15) is 15.9 Å². The van der Waals surface area contributed by atoms with Crippen LogP contribution in [0.15, 0.2) is 24.3 Å². The van der Waals surface area contributed by atoms with Gasteiger partial charge in [0.2, 0.25) is 5.82 Å². The van der Waals surface area contributed by atoms with Crippen LogP contribution in [0.2, 0.25) is 0 Å². The molecule has 114 valence electrons. The Kier molecular flexibility index (Phi) is 3.27. The summed E-state index contributed by atoms with van der Waals surface area (Å²) in [6.45, 7) is 0.150. The molecule has 0 fully saturated rings. The van der Waals surface area contributed by atoms with Crippen molar-refractivity contribution in [3.05, 3.63) is 58.7 Å². The number of rotatable bonds is 1.